The Morgan fingerprint density at radius 2 is 1.77 bits per heavy atom. The summed E-state index contributed by atoms with van der Waals surface area (Å²) in [5.41, 5.74) is 7.99. The molecule has 0 saturated heterocycles. The minimum Gasteiger partial charge on any atom is -0.384 e. The van der Waals surface area contributed by atoms with E-state index in [9.17, 15) is 14.6 Å². The second kappa shape index (κ2) is 24.9. The summed E-state index contributed by atoms with van der Waals surface area (Å²) in [6, 6.07) is 0.223. The van der Waals surface area contributed by atoms with E-state index in [-0.39, 0.29) is 12.0 Å². The van der Waals surface area contributed by atoms with Crippen molar-refractivity contribution in [2.24, 2.45) is 16.6 Å². The average molecular weight is 587 g/mol. The largest absolute Gasteiger partial charge is 0.384 e. The standard InChI is InChI=1S/C22H38N5O4P.C3H8.C2H7N.C2H6/c1-6-15(5)18(23-7-2)19-20(24-8-3)27(14-26-19)17-11-10-16(12-17)13-31-22(32(29)30)21(28)25-9-4;1-3-2;1-2-3;1-2/h8,14,16-17,22-23,29-30H,6-7,9-13H2,1-5H3,(H,25,28);3H2,1-2H3;2-3H2,1H3;1-2H3/b18-15-,24-8-;;;. The van der Waals surface area contributed by atoms with Crippen LogP contribution < -0.4 is 16.4 Å². The number of likely N-dealkylation sites (N-methyl/N-ethyl adjacent to an activating group) is 1. The van der Waals surface area contributed by atoms with Crippen LogP contribution in [0.15, 0.2) is 16.9 Å². The molecule has 0 bridgehead atoms. The first-order valence-corrected chi connectivity index (χ1v) is 16.3. The number of aliphatic imine (C=N–C) groups is 1. The van der Waals surface area contributed by atoms with Gasteiger partial charge in [0.1, 0.15) is 5.69 Å². The van der Waals surface area contributed by atoms with Crippen LogP contribution in [0, 0.1) is 5.92 Å². The quantitative estimate of drug-likeness (QED) is 0.152. The molecule has 0 radical (unpaired) electrons. The summed E-state index contributed by atoms with van der Waals surface area (Å²) in [4.78, 5) is 40.5. The van der Waals surface area contributed by atoms with Crippen LogP contribution in [-0.2, 0) is 9.53 Å². The van der Waals surface area contributed by atoms with Gasteiger partial charge in [-0.05, 0) is 71.4 Å². The Morgan fingerprint density at radius 3 is 2.25 bits per heavy atom. The lowest BCUT2D eigenvalue weighted by Gasteiger charge is -2.20. The molecule has 6 N–H and O–H groups in total. The van der Waals surface area contributed by atoms with Gasteiger partial charge in [0.2, 0.25) is 14.2 Å². The number of hydrogen-bond acceptors (Lipinski definition) is 8. The summed E-state index contributed by atoms with van der Waals surface area (Å²) < 4.78 is 7.77. The van der Waals surface area contributed by atoms with Crippen LogP contribution in [0.1, 0.15) is 113 Å². The molecule has 234 valence electrons. The third kappa shape index (κ3) is 14.2. The second-order valence-corrected chi connectivity index (χ2v) is 10.2. The van der Waals surface area contributed by atoms with Gasteiger partial charge in [-0.15, -0.1) is 0 Å². The monoisotopic (exact) mass is 586 g/mol. The number of nitrogens with zero attached hydrogens (tertiary/aromatic N) is 3. The molecule has 10 nitrogen and oxygen atoms in total. The molecule has 1 aromatic heterocycles. The maximum atomic E-state index is 12.0. The molecular weight excluding hydrogens is 527 g/mol. The zero-order chi connectivity index (χ0) is 31.1. The normalized spacial score (nSPS) is 17.6. The first-order valence-electron chi connectivity index (χ1n) is 15.0. The van der Waals surface area contributed by atoms with Gasteiger partial charge in [-0.3, -0.25) is 4.79 Å². The summed E-state index contributed by atoms with van der Waals surface area (Å²) >= 11 is 0. The first kappa shape index (κ1) is 40.3. The Kier molecular flexibility index (Phi) is 25.1. The van der Waals surface area contributed by atoms with Gasteiger partial charge in [0.15, 0.2) is 5.82 Å². The van der Waals surface area contributed by atoms with Crippen LogP contribution in [0.5, 0.6) is 0 Å². The molecule has 1 saturated carbocycles. The maximum Gasteiger partial charge on any atom is 0.258 e. The molecule has 1 fully saturated rings. The summed E-state index contributed by atoms with van der Waals surface area (Å²) in [6.07, 6.45) is 8.56. The number of aromatic nitrogens is 2. The molecule has 1 aromatic rings. The lowest BCUT2D eigenvalue weighted by molar-refractivity contribution is -0.129. The Morgan fingerprint density at radius 1 is 1.20 bits per heavy atom. The number of imidazole rings is 1. The van der Waals surface area contributed by atoms with Gasteiger partial charge in [0.25, 0.3) is 5.91 Å². The smallest absolute Gasteiger partial charge is 0.258 e. The molecule has 0 spiro atoms. The van der Waals surface area contributed by atoms with Gasteiger partial charge in [-0.1, -0.05) is 48.0 Å². The third-order valence-electron chi connectivity index (χ3n) is 5.75. The number of ether oxygens (including phenoxy) is 1. The van der Waals surface area contributed by atoms with E-state index >= 15 is 0 Å². The van der Waals surface area contributed by atoms with Crippen molar-refractivity contribution in [1.82, 2.24) is 20.2 Å². The second-order valence-electron chi connectivity index (χ2n) is 9.10. The van der Waals surface area contributed by atoms with E-state index in [1.807, 2.05) is 34.0 Å². The van der Waals surface area contributed by atoms with Gasteiger partial charge >= 0.3 is 0 Å². The van der Waals surface area contributed by atoms with Crippen LogP contribution in [0.2, 0.25) is 0 Å². The Bertz CT molecular complexity index is 842. The fourth-order valence-electron chi connectivity index (χ4n) is 4.03. The predicted molar refractivity (Wildman–Crippen MR) is 171 cm³/mol. The van der Waals surface area contributed by atoms with Crippen molar-refractivity contribution in [3.05, 3.63) is 17.6 Å². The number of allylic oxidation sites excluding steroid dienone is 1. The number of nitrogens with two attached hydrogens (primary N) is 1. The first-order chi connectivity index (χ1) is 19.2. The van der Waals surface area contributed by atoms with Gasteiger partial charge in [0, 0.05) is 25.3 Å². The van der Waals surface area contributed by atoms with Crippen LogP contribution >= 0.6 is 8.38 Å². The molecule has 1 amide bonds. The minimum absolute atomic E-state index is 0.220. The van der Waals surface area contributed by atoms with E-state index in [0.29, 0.717) is 13.2 Å². The number of amides is 1. The highest BCUT2D eigenvalue weighted by molar-refractivity contribution is 7.46. The van der Waals surface area contributed by atoms with Crippen LogP contribution in [0.25, 0.3) is 5.70 Å². The average Bonchev–Trinajstić information content (AvgIpc) is 3.56. The highest BCUT2D eigenvalue weighted by Crippen LogP contribution is 2.40. The number of hydrogen-bond donors (Lipinski definition) is 5. The van der Waals surface area contributed by atoms with Crippen LogP contribution in [0.4, 0.5) is 5.82 Å². The van der Waals surface area contributed by atoms with Crippen LogP contribution in [0.3, 0.4) is 0 Å². The summed E-state index contributed by atoms with van der Waals surface area (Å²) in [5.74, 6) is -0.630. The Hall–Kier alpha value is -1.84. The van der Waals surface area contributed by atoms with E-state index in [1.165, 1.54) is 12.0 Å². The van der Waals surface area contributed by atoms with Crippen molar-refractivity contribution in [2.75, 3.05) is 26.2 Å². The number of carbonyl (C=O) groups is 1. The fourth-order valence-corrected chi connectivity index (χ4v) is 4.55. The molecule has 0 aliphatic heterocycles. The van der Waals surface area contributed by atoms with E-state index in [1.54, 1.807) is 13.1 Å². The third-order valence-corrected chi connectivity index (χ3v) is 6.55. The minimum atomic E-state index is -2.50. The van der Waals surface area contributed by atoms with E-state index in [0.717, 1.165) is 56.0 Å². The molecular formula is C29H59N6O4P. The fraction of sp³-hybridized carbons (Fsp3) is 0.759. The van der Waals surface area contributed by atoms with Gasteiger partial charge in [-0.25, -0.2) is 9.98 Å². The summed E-state index contributed by atoms with van der Waals surface area (Å²) in [7, 11) is -2.50. The topological polar surface area (TPSA) is 147 Å². The molecule has 2 rings (SSSR count). The SMILES string of the molecule is C/C=N\c1c(/C(NCC)=C(\C)CC)ncn1C1CCC(COC(C(=O)NCC)P(O)O)C1.CC.CCC.CCN. The Balaban J connectivity index is 0. The van der Waals surface area contributed by atoms with E-state index in [4.69, 9.17) is 15.5 Å². The number of carbonyl (C=O) groups excluding carboxylic acids is 1. The van der Waals surface area contributed by atoms with E-state index < -0.39 is 20.1 Å². The van der Waals surface area contributed by atoms with Crippen molar-refractivity contribution >= 4 is 32.0 Å². The number of nitrogens with one attached hydrogen (secondary N) is 2. The number of rotatable bonds is 12. The molecule has 3 unspecified atom stereocenters. The van der Waals surface area contributed by atoms with Crippen molar-refractivity contribution in [1.29, 1.82) is 0 Å². The summed E-state index contributed by atoms with van der Waals surface area (Å²) in [5, 5.41) is 6.04. The highest BCUT2D eigenvalue weighted by Gasteiger charge is 2.32. The zero-order valence-corrected chi connectivity index (χ0v) is 27.7. The van der Waals surface area contributed by atoms with Crippen molar-refractivity contribution < 1.29 is 19.3 Å². The van der Waals surface area contributed by atoms with Gasteiger partial charge in [-0.2, -0.15) is 0 Å². The lowest BCUT2D eigenvalue weighted by Crippen LogP contribution is -2.36. The predicted octanol–water partition coefficient (Wildman–Crippen LogP) is 5.88. The van der Waals surface area contributed by atoms with Crippen molar-refractivity contribution in [3.8, 4) is 0 Å². The van der Waals surface area contributed by atoms with Gasteiger partial charge in [0.05, 0.1) is 18.6 Å². The van der Waals surface area contributed by atoms with E-state index in [2.05, 4.69) is 54.8 Å². The highest BCUT2D eigenvalue weighted by atomic mass is 31.2. The molecule has 3 atom stereocenters. The molecule has 1 heterocycles. The van der Waals surface area contributed by atoms with Crippen molar-refractivity contribution in [2.45, 2.75) is 113 Å². The summed E-state index contributed by atoms with van der Waals surface area (Å²) in [6.45, 7) is 22.4. The molecule has 1 aliphatic rings. The van der Waals surface area contributed by atoms with Crippen molar-refractivity contribution in [3.63, 3.8) is 0 Å². The molecule has 11 heteroatoms. The van der Waals surface area contributed by atoms with Crippen LogP contribution in [-0.4, -0.2) is 63.5 Å². The Labute approximate surface area is 245 Å². The molecule has 40 heavy (non-hydrogen) atoms. The van der Waals surface area contributed by atoms with Gasteiger partial charge < -0.3 is 35.5 Å². The maximum absolute atomic E-state index is 12.0. The molecule has 1 aliphatic carbocycles. The zero-order valence-electron chi connectivity index (χ0n) is 26.8. The lowest BCUT2D eigenvalue weighted by atomic mass is 10.1. The molecule has 0 aromatic carbocycles.